The molecule has 1 atom stereocenters. The molecule has 0 saturated heterocycles. The summed E-state index contributed by atoms with van der Waals surface area (Å²) >= 11 is 1.16. The fraction of sp³-hybridized carbons (Fsp3) is 0.833. The highest BCUT2D eigenvalue weighted by Gasteiger charge is 2.33. The molecule has 17 heavy (non-hydrogen) atoms. The lowest BCUT2D eigenvalue weighted by atomic mass is 10.0. The van der Waals surface area contributed by atoms with Crippen molar-refractivity contribution in [3.63, 3.8) is 0 Å². The number of rotatable bonds is 6. The molecule has 0 saturated carbocycles. The Labute approximate surface area is 108 Å². The number of hydrogen-bond acceptors (Lipinski definition) is 3. The molecule has 0 aromatic carbocycles. The van der Waals surface area contributed by atoms with Crippen molar-refractivity contribution in [2.75, 3.05) is 0 Å². The Hall–Kier alpha value is -0.710. The van der Waals surface area contributed by atoms with Crippen LogP contribution in [0, 0.1) is 0 Å². The SMILES string of the molecule is CCC(C)(C)NC(=O)C(C)SC(C)(C)C(=O)O. The fourth-order valence-electron chi connectivity index (χ4n) is 1.07. The van der Waals surface area contributed by atoms with E-state index in [1.165, 1.54) is 0 Å². The first-order valence-electron chi connectivity index (χ1n) is 5.75. The molecule has 0 aliphatic rings. The van der Waals surface area contributed by atoms with Crippen LogP contribution in [0.15, 0.2) is 0 Å². The fourth-order valence-corrected chi connectivity index (χ4v) is 2.22. The summed E-state index contributed by atoms with van der Waals surface area (Å²) in [6.45, 7) is 10.8. The minimum atomic E-state index is -0.951. The van der Waals surface area contributed by atoms with E-state index in [2.05, 4.69) is 5.32 Å². The summed E-state index contributed by atoms with van der Waals surface area (Å²) in [5.41, 5.74) is -0.251. The minimum absolute atomic E-state index is 0.115. The first-order valence-corrected chi connectivity index (χ1v) is 6.63. The zero-order valence-electron chi connectivity index (χ0n) is 11.5. The number of nitrogens with one attached hydrogen (secondary N) is 1. The van der Waals surface area contributed by atoms with Crippen LogP contribution in [-0.4, -0.2) is 32.5 Å². The minimum Gasteiger partial charge on any atom is -0.480 e. The van der Waals surface area contributed by atoms with Crippen molar-refractivity contribution < 1.29 is 14.7 Å². The summed E-state index contributed by atoms with van der Waals surface area (Å²) < 4.78 is -0.951. The van der Waals surface area contributed by atoms with E-state index in [0.29, 0.717) is 0 Å². The maximum absolute atomic E-state index is 11.9. The Morgan fingerprint density at radius 2 is 1.76 bits per heavy atom. The molecular formula is C12H23NO3S. The summed E-state index contributed by atoms with van der Waals surface area (Å²) in [7, 11) is 0. The highest BCUT2D eigenvalue weighted by Crippen LogP contribution is 2.29. The third kappa shape index (κ3) is 5.44. The Balaban J connectivity index is 4.48. The molecule has 4 nitrogen and oxygen atoms in total. The molecule has 0 aliphatic heterocycles. The lowest BCUT2D eigenvalue weighted by Gasteiger charge is -2.28. The lowest BCUT2D eigenvalue weighted by Crippen LogP contribution is -2.47. The maximum atomic E-state index is 11.9. The summed E-state index contributed by atoms with van der Waals surface area (Å²) in [6, 6.07) is 0. The van der Waals surface area contributed by atoms with Crippen LogP contribution >= 0.6 is 11.8 Å². The molecule has 0 aromatic rings. The van der Waals surface area contributed by atoms with Gasteiger partial charge in [0.1, 0.15) is 4.75 Å². The van der Waals surface area contributed by atoms with Crippen LogP contribution in [0.25, 0.3) is 0 Å². The van der Waals surface area contributed by atoms with E-state index in [1.807, 2.05) is 20.8 Å². The lowest BCUT2D eigenvalue weighted by molar-refractivity contribution is -0.138. The van der Waals surface area contributed by atoms with Gasteiger partial charge in [0.2, 0.25) is 5.91 Å². The smallest absolute Gasteiger partial charge is 0.319 e. The molecule has 0 heterocycles. The first kappa shape index (κ1) is 16.3. The summed E-state index contributed by atoms with van der Waals surface area (Å²) in [6.07, 6.45) is 0.832. The Kier molecular flexibility index (Phi) is 5.52. The normalized spacial score (nSPS) is 14.2. The number of thioether (sulfide) groups is 1. The molecule has 0 aliphatic carbocycles. The van der Waals surface area contributed by atoms with Crippen molar-refractivity contribution >= 4 is 23.6 Å². The van der Waals surface area contributed by atoms with Gasteiger partial charge in [0.25, 0.3) is 0 Å². The van der Waals surface area contributed by atoms with Gasteiger partial charge in [0.15, 0.2) is 0 Å². The third-order valence-electron chi connectivity index (χ3n) is 2.70. The van der Waals surface area contributed by atoms with Gasteiger partial charge in [-0.1, -0.05) is 6.92 Å². The summed E-state index contributed by atoms with van der Waals surface area (Å²) in [5, 5.41) is 11.5. The molecule has 0 spiro atoms. The highest BCUT2D eigenvalue weighted by atomic mass is 32.2. The van der Waals surface area contributed by atoms with Gasteiger partial charge in [-0.15, -0.1) is 11.8 Å². The first-order chi connectivity index (χ1) is 7.52. The highest BCUT2D eigenvalue weighted by molar-refractivity contribution is 8.02. The predicted octanol–water partition coefficient (Wildman–Crippen LogP) is 2.28. The summed E-state index contributed by atoms with van der Waals surface area (Å²) in [4.78, 5) is 22.9. The predicted molar refractivity (Wildman–Crippen MR) is 71.3 cm³/mol. The van der Waals surface area contributed by atoms with E-state index in [4.69, 9.17) is 5.11 Å². The molecule has 100 valence electrons. The van der Waals surface area contributed by atoms with Gasteiger partial charge in [0, 0.05) is 5.54 Å². The van der Waals surface area contributed by atoms with Crippen molar-refractivity contribution in [1.82, 2.24) is 5.32 Å². The van der Waals surface area contributed by atoms with Crippen LogP contribution in [0.4, 0.5) is 0 Å². The number of hydrogen-bond donors (Lipinski definition) is 2. The third-order valence-corrected chi connectivity index (χ3v) is 4.03. The van der Waals surface area contributed by atoms with Crippen molar-refractivity contribution in [2.45, 2.75) is 63.5 Å². The molecule has 1 amide bonds. The number of carboxylic acid groups (broad SMARTS) is 1. The molecule has 0 aromatic heterocycles. The van der Waals surface area contributed by atoms with E-state index in [0.717, 1.165) is 18.2 Å². The Morgan fingerprint density at radius 1 is 1.29 bits per heavy atom. The molecule has 0 fully saturated rings. The zero-order valence-corrected chi connectivity index (χ0v) is 12.3. The molecule has 0 rings (SSSR count). The van der Waals surface area contributed by atoms with E-state index in [-0.39, 0.29) is 16.7 Å². The van der Waals surface area contributed by atoms with Gasteiger partial charge in [-0.05, 0) is 41.0 Å². The van der Waals surface area contributed by atoms with Gasteiger partial charge in [-0.3, -0.25) is 9.59 Å². The number of carbonyl (C=O) groups excluding carboxylic acids is 1. The maximum Gasteiger partial charge on any atom is 0.319 e. The van der Waals surface area contributed by atoms with Crippen LogP contribution in [0.5, 0.6) is 0 Å². The standard InChI is InChI=1S/C12H23NO3S/c1-7-11(3,4)13-9(14)8(2)17-12(5,6)10(15)16/h8H,7H2,1-6H3,(H,13,14)(H,15,16). The van der Waals surface area contributed by atoms with Gasteiger partial charge in [-0.2, -0.15) is 0 Å². The second-order valence-corrected chi connectivity index (χ2v) is 7.27. The average molecular weight is 261 g/mol. The van der Waals surface area contributed by atoms with Gasteiger partial charge >= 0.3 is 5.97 Å². The summed E-state index contributed by atoms with van der Waals surface area (Å²) in [5.74, 6) is -1.02. The molecule has 0 bridgehead atoms. The quantitative estimate of drug-likeness (QED) is 0.770. The van der Waals surface area contributed by atoms with Crippen molar-refractivity contribution in [3.8, 4) is 0 Å². The van der Waals surface area contributed by atoms with E-state index >= 15 is 0 Å². The van der Waals surface area contributed by atoms with Crippen molar-refractivity contribution in [2.24, 2.45) is 0 Å². The zero-order chi connectivity index (χ0) is 13.9. The average Bonchev–Trinajstić information content (AvgIpc) is 2.16. The second kappa shape index (κ2) is 5.76. The van der Waals surface area contributed by atoms with E-state index in [1.54, 1.807) is 20.8 Å². The number of carboxylic acids is 1. The van der Waals surface area contributed by atoms with Crippen molar-refractivity contribution in [1.29, 1.82) is 0 Å². The van der Waals surface area contributed by atoms with Crippen LogP contribution in [0.3, 0.4) is 0 Å². The number of aliphatic carboxylic acids is 1. The largest absolute Gasteiger partial charge is 0.480 e. The molecule has 0 radical (unpaired) electrons. The van der Waals surface area contributed by atoms with E-state index < -0.39 is 10.7 Å². The van der Waals surface area contributed by atoms with Crippen LogP contribution in [-0.2, 0) is 9.59 Å². The Bertz CT molecular complexity index is 300. The molecule has 2 N–H and O–H groups in total. The number of amides is 1. The monoisotopic (exact) mass is 261 g/mol. The topological polar surface area (TPSA) is 66.4 Å². The van der Waals surface area contributed by atoms with E-state index in [9.17, 15) is 9.59 Å². The van der Waals surface area contributed by atoms with Gasteiger partial charge < -0.3 is 10.4 Å². The Morgan fingerprint density at radius 3 is 2.12 bits per heavy atom. The van der Waals surface area contributed by atoms with Crippen molar-refractivity contribution in [3.05, 3.63) is 0 Å². The van der Waals surface area contributed by atoms with Crippen LogP contribution in [0.2, 0.25) is 0 Å². The van der Waals surface area contributed by atoms with Crippen LogP contribution < -0.4 is 5.32 Å². The van der Waals surface area contributed by atoms with Gasteiger partial charge in [0.05, 0.1) is 5.25 Å². The molecular weight excluding hydrogens is 238 g/mol. The second-order valence-electron chi connectivity index (χ2n) is 5.30. The molecule has 1 unspecified atom stereocenters. The molecule has 5 heteroatoms. The van der Waals surface area contributed by atoms with Gasteiger partial charge in [-0.25, -0.2) is 0 Å². The van der Waals surface area contributed by atoms with Crippen LogP contribution in [0.1, 0.15) is 48.0 Å². The number of carbonyl (C=O) groups is 2.